The first kappa shape index (κ1) is 19.9. The molecule has 3 rings (SSSR count). The van der Waals surface area contributed by atoms with Crippen LogP contribution >= 0.6 is 8.58 Å². The minimum atomic E-state index is 0.0624. The third-order valence-corrected chi connectivity index (χ3v) is 6.46. The van der Waals surface area contributed by atoms with Crippen molar-refractivity contribution in [1.82, 2.24) is 5.01 Å². The zero-order valence-electron chi connectivity index (χ0n) is 16.9. The Balaban J connectivity index is 1.88. The monoisotopic (exact) mass is 382 g/mol. The number of hydrogen-bond acceptors (Lipinski definition) is 3. The van der Waals surface area contributed by atoms with Gasteiger partial charge in [-0.25, -0.2) is 0 Å². The summed E-state index contributed by atoms with van der Waals surface area (Å²) in [5.41, 5.74) is 3.41. The molecule has 0 amide bonds. The molecule has 1 unspecified atom stereocenters. The van der Waals surface area contributed by atoms with Crippen molar-refractivity contribution < 1.29 is 5.11 Å². The van der Waals surface area contributed by atoms with Crippen molar-refractivity contribution in [2.24, 2.45) is 5.10 Å². The van der Waals surface area contributed by atoms with Crippen LogP contribution in [0.25, 0.3) is 0 Å². The predicted octanol–water partition coefficient (Wildman–Crippen LogP) is 4.45. The van der Waals surface area contributed by atoms with E-state index in [1.54, 1.807) is 0 Å². The van der Waals surface area contributed by atoms with Crippen LogP contribution in [0.1, 0.15) is 56.7 Å². The Morgan fingerprint density at radius 2 is 1.74 bits per heavy atom. The minimum Gasteiger partial charge on any atom is -0.507 e. The van der Waals surface area contributed by atoms with Crippen LogP contribution in [0.3, 0.4) is 0 Å². The third-order valence-electron chi connectivity index (χ3n) is 5.09. The van der Waals surface area contributed by atoms with E-state index in [1.807, 2.05) is 13.1 Å². The smallest absolute Gasteiger partial charge is 0.126 e. The summed E-state index contributed by atoms with van der Waals surface area (Å²) in [6, 6.07) is 12.7. The van der Waals surface area contributed by atoms with E-state index in [2.05, 4.69) is 62.2 Å². The van der Waals surface area contributed by atoms with Crippen LogP contribution in [-0.2, 0) is 5.41 Å². The summed E-state index contributed by atoms with van der Waals surface area (Å²) in [6.45, 7) is 10.7. The van der Waals surface area contributed by atoms with E-state index >= 15 is 0 Å². The Bertz CT molecular complexity index is 818. The van der Waals surface area contributed by atoms with Gasteiger partial charge < -0.3 is 5.11 Å². The fourth-order valence-electron chi connectivity index (χ4n) is 3.31. The van der Waals surface area contributed by atoms with Crippen LogP contribution in [-0.4, -0.2) is 29.4 Å². The molecule has 0 spiro atoms. The molecule has 1 aliphatic rings. The lowest BCUT2D eigenvalue weighted by Gasteiger charge is -2.23. The molecule has 1 fully saturated rings. The Labute approximate surface area is 165 Å². The molecule has 27 heavy (non-hydrogen) atoms. The van der Waals surface area contributed by atoms with E-state index in [0.717, 1.165) is 29.5 Å². The molecule has 0 radical (unpaired) electrons. The lowest BCUT2D eigenvalue weighted by Crippen LogP contribution is -2.25. The minimum absolute atomic E-state index is 0.0624. The first-order valence-electron chi connectivity index (χ1n) is 9.83. The number of phenolic OH excluding ortho intramolecular Hbond substituents is 1. The van der Waals surface area contributed by atoms with E-state index in [-0.39, 0.29) is 5.41 Å². The van der Waals surface area contributed by atoms with Gasteiger partial charge in [-0.3, -0.25) is 5.01 Å². The van der Waals surface area contributed by atoms with E-state index in [0.29, 0.717) is 14.3 Å². The molecule has 0 saturated carbocycles. The van der Waals surface area contributed by atoms with Gasteiger partial charge in [0.1, 0.15) is 5.75 Å². The summed E-state index contributed by atoms with van der Waals surface area (Å²) >= 11 is 0. The molecule has 0 bridgehead atoms. The Morgan fingerprint density at radius 3 is 2.44 bits per heavy atom. The van der Waals surface area contributed by atoms with Crippen LogP contribution in [0.5, 0.6) is 5.75 Å². The number of phenols is 1. The van der Waals surface area contributed by atoms with Gasteiger partial charge in [0.05, 0.1) is 6.21 Å². The standard InChI is InChI=1S/C23H31N2OP/c1-17-14-19(23(2,3)4)15-21(22(17)26)27-20-11-7-6-10-18(20)16-24-25-12-8-5-9-13-25/h6-7,10-11,14-16,26-27H,5,8-9,12-13H2,1-4H3. The largest absolute Gasteiger partial charge is 0.507 e. The van der Waals surface area contributed by atoms with Crippen molar-refractivity contribution in [3.05, 3.63) is 53.1 Å². The Kier molecular flexibility index (Phi) is 6.22. The number of aromatic hydroxyl groups is 1. The Morgan fingerprint density at radius 1 is 1.04 bits per heavy atom. The fourth-order valence-corrected chi connectivity index (χ4v) is 4.62. The lowest BCUT2D eigenvalue weighted by atomic mass is 9.86. The maximum absolute atomic E-state index is 10.6. The summed E-state index contributed by atoms with van der Waals surface area (Å²) in [7, 11) is 0.405. The van der Waals surface area contributed by atoms with Crippen LogP contribution in [0.15, 0.2) is 41.5 Å². The second-order valence-corrected chi connectivity index (χ2v) is 9.74. The average molecular weight is 382 g/mol. The zero-order chi connectivity index (χ0) is 19.4. The van der Waals surface area contributed by atoms with Crippen LogP contribution in [0.2, 0.25) is 0 Å². The fraction of sp³-hybridized carbons (Fsp3) is 0.435. The van der Waals surface area contributed by atoms with Crippen molar-refractivity contribution in [3.63, 3.8) is 0 Å². The molecule has 1 N–H and O–H groups in total. The first-order chi connectivity index (χ1) is 12.8. The maximum Gasteiger partial charge on any atom is 0.126 e. The van der Waals surface area contributed by atoms with Gasteiger partial charge in [0.15, 0.2) is 0 Å². The molecule has 3 nitrogen and oxygen atoms in total. The molecule has 0 aromatic heterocycles. The molecule has 1 heterocycles. The van der Waals surface area contributed by atoms with Crippen LogP contribution in [0.4, 0.5) is 0 Å². The maximum atomic E-state index is 10.6. The van der Waals surface area contributed by atoms with Crippen LogP contribution < -0.4 is 10.6 Å². The van der Waals surface area contributed by atoms with E-state index in [4.69, 9.17) is 5.10 Å². The summed E-state index contributed by atoms with van der Waals surface area (Å²) in [5, 5.41) is 19.7. The van der Waals surface area contributed by atoms with Crippen molar-refractivity contribution in [3.8, 4) is 5.75 Å². The van der Waals surface area contributed by atoms with Gasteiger partial charge in [-0.05, 0) is 54.1 Å². The number of nitrogens with zero attached hydrogens (tertiary/aromatic N) is 2. The van der Waals surface area contributed by atoms with Crippen LogP contribution in [0, 0.1) is 6.92 Å². The van der Waals surface area contributed by atoms with Gasteiger partial charge in [-0.15, -0.1) is 0 Å². The summed E-state index contributed by atoms with van der Waals surface area (Å²) < 4.78 is 0. The van der Waals surface area contributed by atoms with Crippen molar-refractivity contribution >= 4 is 25.4 Å². The van der Waals surface area contributed by atoms with Crippen molar-refractivity contribution in [2.45, 2.75) is 52.4 Å². The van der Waals surface area contributed by atoms with Crippen molar-refractivity contribution in [2.75, 3.05) is 13.1 Å². The number of benzene rings is 2. The predicted molar refractivity (Wildman–Crippen MR) is 119 cm³/mol. The molecule has 1 aliphatic heterocycles. The van der Waals surface area contributed by atoms with Gasteiger partial charge in [0.2, 0.25) is 0 Å². The lowest BCUT2D eigenvalue weighted by molar-refractivity contribution is 0.240. The molecule has 0 aliphatic carbocycles. The number of piperidine rings is 1. The molecule has 1 saturated heterocycles. The molecule has 144 valence electrons. The highest BCUT2D eigenvalue weighted by molar-refractivity contribution is 7.56. The number of rotatable bonds is 4. The summed E-state index contributed by atoms with van der Waals surface area (Å²) in [6.07, 6.45) is 5.76. The molecule has 4 heteroatoms. The molecule has 2 aromatic rings. The zero-order valence-corrected chi connectivity index (χ0v) is 17.9. The molecular weight excluding hydrogens is 351 g/mol. The van der Waals surface area contributed by atoms with Gasteiger partial charge in [0.25, 0.3) is 0 Å². The van der Waals surface area contributed by atoms with Gasteiger partial charge in [-0.1, -0.05) is 59.7 Å². The van der Waals surface area contributed by atoms with E-state index < -0.39 is 0 Å². The topological polar surface area (TPSA) is 35.8 Å². The second-order valence-electron chi connectivity index (χ2n) is 8.41. The van der Waals surface area contributed by atoms with E-state index in [1.165, 1.54) is 30.1 Å². The highest BCUT2D eigenvalue weighted by Crippen LogP contribution is 2.30. The molecule has 1 atom stereocenters. The van der Waals surface area contributed by atoms with Gasteiger partial charge in [-0.2, -0.15) is 5.10 Å². The van der Waals surface area contributed by atoms with Gasteiger partial charge >= 0.3 is 0 Å². The number of hydrogen-bond donors (Lipinski definition) is 1. The number of hydrazone groups is 1. The average Bonchev–Trinajstić information content (AvgIpc) is 2.64. The quantitative estimate of drug-likeness (QED) is 0.627. The normalized spacial score (nSPS) is 15.9. The Hall–Kier alpha value is -1.86. The van der Waals surface area contributed by atoms with Crippen molar-refractivity contribution in [1.29, 1.82) is 0 Å². The molecule has 2 aromatic carbocycles. The first-order valence-corrected chi connectivity index (χ1v) is 10.8. The summed E-state index contributed by atoms with van der Waals surface area (Å²) in [4.78, 5) is 0. The van der Waals surface area contributed by atoms with Gasteiger partial charge in [0, 0.05) is 24.0 Å². The molecular formula is C23H31N2OP. The second kappa shape index (κ2) is 8.44. The SMILES string of the molecule is Cc1cc(C(C)(C)C)cc(Pc2ccccc2C=NN2CCCCC2)c1O. The van der Waals surface area contributed by atoms with E-state index in [9.17, 15) is 5.11 Å². The highest BCUT2D eigenvalue weighted by atomic mass is 31.1. The number of aryl methyl sites for hydroxylation is 1. The third kappa shape index (κ3) is 5.11. The highest BCUT2D eigenvalue weighted by Gasteiger charge is 2.18. The summed E-state index contributed by atoms with van der Waals surface area (Å²) in [5.74, 6) is 0.420.